The highest BCUT2D eigenvalue weighted by molar-refractivity contribution is 5.72. The number of hydrogen-bond donors (Lipinski definition) is 2. The van der Waals surface area contributed by atoms with E-state index in [-0.39, 0.29) is 17.9 Å². The molecule has 1 aliphatic heterocycles. The molecule has 110 valence electrons. The molecule has 0 aromatic carbocycles. The predicted molar refractivity (Wildman–Crippen MR) is 73.9 cm³/mol. The average Bonchev–Trinajstić information content (AvgIpc) is 3.14. The van der Waals surface area contributed by atoms with Gasteiger partial charge in [0.2, 0.25) is 5.78 Å². The van der Waals surface area contributed by atoms with Crippen LogP contribution in [0.3, 0.4) is 0 Å². The van der Waals surface area contributed by atoms with Gasteiger partial charge in [-0.3, -0.25) is 18.7 Å². The molecular formula is C13H15N5O3. The average molecular weight is 289 g/mol. The van der Waals surface area contributed by atoms with Crippen molar-refractivity contribution in [1.29, 1.82) is 0 Å². The lowest BCUT2D eigenvalue weighted by Gasteiger charge is -2.14. The Morgan fingerprint density at radius 2 is 2.38 bits per heavy atom. The number of nitrogens with one attached hydrogen (secondary N) is 1. The normalized spacial score (nSPS) is 26.1. The van der Waals surface area contributed by atoms with Gasteiger partial charge in [0.15, 0.2) is 11.2 Å². The van der Waals surface area contributed by atoms with Gasteiger partial charge < -0.3 is 9.84 Å². The summed E-state index contributed by atoms with van der Waals surface area (Å²) in [6.07, 6.45) is 5.15. The van der Waals surface area contributed by atoms with Gasteiger partial charge in [0.25, 0.3) is 5.56 Å². The fourth-order valence-corrected chi connectivity index (χ4v) is 2.95. The molecule has 3 unspecified atom stereocenters. The van der Waals surface area contributed by atoms with Gasteiger partial charge in [0.05, 0.1) is 18.5 Å². The number of aliphatic hydroxyl groups excluding tert-OH is 1. The SMILES string of the molecule is CCC1OC(n2cnc3c(=O)[nH]c4nccn4c32)CC1O. The third-order valence-corrected chi connectivity index (χ3v) is 3.99. The van der Waals surface area contributed by atoms with E-state index in [1.807, 2.05) is 6.92 Å². The zero-order valence-corrected chi connectivity index (χ0v) is 11.4. The molecule has 2 N–H and O–H groups in total. The maximum atomic E-state index is 12.0. The van der Waals surface area contributed by atoms with E-state index in [0.29, 0.717) is 23.4 Å². The minimum absolute atomic E-state index is 0.187. The highest BCUT2D eigenvalue weighted by Crippen LogP contribution is 2.32. The van der Waals surface area contributed by atoms with Gasteiger partial charge in [-0.2, -0.15) is 0 Å². The van der Waals surface area contributed by atoms with Crippen LogP contribution in [0.4, 0.5) is 0 Å². The first kappa shape index (κ1) is 12.5. The lowest BCUT2D eigenvalue weighted by atomic mass is 10.1. The van der Waals surface area contributed by atoms with Crippen molar-refractivity contribution in [2.24, 2.45) is 0 Å². The summed E-state index contributed by atoms with van der Waals surface area (Å²) in [6, 6.07) is 0. The lowest BCUT2D eigenvalue weighted by Crippen LogP contribution is -2.19. The van der Waals surface area contributed by atoms with Crippen LogP contribution in [0.15, 0.2) is 23.5 Å². The van der Waals surface area contributed by atoms with E-state index < -0.39 is 6.10 Å². The summed E-state index contributed by atoms with van der Waals surface area (Å²) in [5, 5.41) is 10.0. The van der Waals surface area contributed by atoms with Crippen LogP contribution in [0, 0.1) is 0 Å². The quantitative estimate of drug-likeness (QED) is 0.713. The van der Waals surface area contributed by atoms with Crippen molar-refractivity contribution in [1.82, 2.24) is 23.9 Å². The Labute approximate surface area is 119 Å². The van der Waals surface area contributed by atoms with E-state index >= 15 is 0 Å². The summed E-state index contributed by atoms with van der Waals surface area (Å²) in [7, 11) is 0. The number of ether oxygens (including phenoxy) is 1. The number of hydrogen-bond acceptors (Lipinski definition) is 5. The second-order valence-electron chi connectivity index (χ2n) is 5.24. The molecule has 0 bridgehead atoms. The molecule has 1 aliphatic rings. The maximum Gasteiger partial charge on any atom is 0.280 e. The number of aromatic amines is 1. The molecule has 1 saturated heterocycles. The van der Waals surface area contributed by atoms with Crippen LogP contribution in [0.25, 0.3) is 16.9 Å². The van der Waals surface area contributed by atoms with Crippen molar-refractivity contribution in [2.75, 3.05) is 0 Å². The standard InChI is InChI=1S/C13H15N5O3/c1-2-8-7(19)5-9(21-8)18-6-15-10-11(20)16-13-14-3-4-17(13)12(10)18/h3-4,6-9,19H,2,5H2,1H3,(H,14,16,20). The van der Waals surface area contributed by atoms with Crippen LogP contribution in [-0.2, 0) is 4.74 Å². The van der Waals surface area contributed by atoms with Crippen LogP contribution in [0.5, 0.6) is 0 Å². The molecule has 1 fully saturated rings. The summed E-state index contributed by atoms with van der Waals surface area (Å²) in [5.41, 5.74) is 0.673. The second-order valence-corrected chi connectivity index (χ2v) is 5.24. The molecule has 4 rings (SSSR count). The van der Waals surface area contributed by atoms with Gasteiger partial charge in [0, 0.05) is 18.8 Å². The molecule has 21 heavy (non-hydrogen) atoms. The van der Waals surface area contributed by atoms with E-state index in [1.54, 1.807) is 27.7 Å². The predicted octanol–water partition coefficient (Wildman–Crippen LogP) is 0.431. The van der Waals surface area contributed by atoms with Crippen molar-refractivity contribution < 1.29 is 9.84 Å². The molecule has 8 nitrogen and oxygen atoms in total. The van der Waals surface area contributed by atoms with Crippen molar-refractivity contribution >= 4 is 16.9 Å². The third kappa shape index (κ3) is 1.72. The Kier molecular flexibility index (Phi) is 2.63. The number of aliphatic hydroxyl groups is 1. The summed E-state index contributed by atoms with van der Waals surface area (Å²) in [6.45, 7) is 1.97. The van der Waals surface area contributed by atoms with Crippen LogP contribution in [-0.4, -0.2) is 41.2 Å². The fourth-order valence-electron chi connectivity index (χ4n) is 2.95. The highest BCUT2D eigenvalue weighted by atomic mass is 16.5. The van der Waals surface area contributed by atoms with Crippen molar-refractivity contribution in [2.45, 2.75) is 38.2 Å². The first-order valence-electron chi connectivity index (χ1n) is 6.94. The zero-order chi connectivity index (χ0) is 14.6. The largest absolute Gasteiger partial charge is 0.390 e. The molecule has 3 aromatic rings. The molecular weight excluding hydrogens is 274 g/mol. The minimum Gasteiger partial charge on any atom is -0.390 e. The number of nitrogens with zero attached hydrogens (tertiary/aromatic N) is 4. The molecule has 0 saturated carbocycles. The fraction of sp³-hybridized carbons (Fsp3) is 0.462. The topological polar surface area (TPSA) is 97.4 Å². The van der Waals surface area contributed by atoms with Gasteiger partial charge in [-0.05, 0) is 6.42 Å². The lowest BCUT2D eigenvalue weighted by molar-refractivity contribution is -0.0183. The monoisotopic (exact) mass is 289 g/mol. The minimum atomic E-state index is -0.502. The maximum absolute atomic E-state index is 12.0. The van der Waals surface area contributed by atoms with E-state index in [1.165, 1.54) is 0 Å². The molecule has 0 amide bonds. The molecule has 3 atom stereocenters. The molecule has 0 radical (unpaired) electrons. The zero-order valence-electron chi connectivity index (χ0n) is 11.4. The second kappa shape index (κ2) is 4.40. The van der Waals surface area contributed by atoms with Crippen molar-refractivity contribution in [3.05, 3.63) is 29.1 Å². The van der Waals surface area contributed by atoms with Crippen LogP contribution >= 0.6 is 0 Å². The van der Waals surface area contributed by atoms with Crippen LogP contribution < -0.4 is 5.56 Å². The Morgan fingerprint density at radius 1 is 1.52 bits per heavy atom. The molecule has 3 aromatic heterocycles. The molecule has 8 heteroatoms. The van der Waals surface area contributed by atoms with Gasteiger partial charge >= 0.3 is 0 Å². The van der Waals surface area contributed by atoms with Crippen molar-refractivity contribution in [3.8, 4) is 0 Å². The Morgan fingerprint density at radius 3 is 3.14 bits per heavy atom. The van der Waals surface area contributed by atoms with Gasteiger partial charge in [0.1, 0.15) is 6.23 Å². The summed E-state index contributed by atoms with van der Waals surface area (Å²) in [4.78, 5) is 23.0. The van der Waals surface area contributed by atoms with Gasteiger partial charge in [-0.1, -0.05) is 6.92 Å². The third-order valence-electron chi connectivity index (χ3n) is 3.99. The first-order chi connectivity index (χ1) is 10.2. The molecule has 4 heterocycles. The van der Waals surface area contributed by atoms with E-state index in [2.05, 4.69) is 15.0 Å². The number of H-pyrrole nitrogens is 1. The van der Waals surface area contributed by atoms with E-state index in [4.69, 9.17) is 4.74 Å². The number of rotatable bonds is 2. The van der Waals surface area contributed by atoms with Crippen LogP contribution in [0.2, 0.25) is 0 Å². The number of fused-ring (bicyclic) bond motifs is 3. The van der Waals surface area contributed by atoms with E-state index in [9.17, 15) is 9.90 Å². The molecule has 0 spiro atoms. The van der Waals surface area contributed by atoms with E-state index in [0.717, 1.165) is 6.42 Å². The van der Waals surface area contributed by atoms with Gasteiger partial charge in [-0.25, -0.2) is 9.97 Å². The molecule has 0 aliphatic carbocycles. The van der Waals surface area contributed by atoms with Crippen molar-refractivity contribution in [3.63, 3.8) is 0 Å². The number of aromatic nitrogens is 5. The van der Waals surface area contributed by atoms with Gasteiger partial charge in [-0.15, -0.1) is 0 Å². The summed E-state index contributed by atoms with van der Waals surface area (Å²) < 4.78 is 9.42. The highest BCUT2D eigenvalue weighted by Gasteiger charge is 2.34. The summed E-state index contributed by atoms with van der Waals surface area (Å²) >= 11 is 0. The Bertz CT molecular complexity index is 864. The Balaban J connectivity index is 1.92. The Hall–Kier alpha value is -2.19. The first-order valence-corrected chi connectivity index (χ1v) is 6.94. The van der Waals surface area contributed by atoms with Crippen LogP contribution in [0.1, 0.15) is 26.0 Å². The smallest absolute Gasteiger partial charge is 0.280 e. The summed E-state index contributed by atoms with van der Waals surface area (Å²) in [5.74, 6) is 0.458. The number of imidazole rings is 2.